The van der Waals surface area contributed by atoms with Crippen LogP contribution in [0, 0.1) is 13.8 Å². The quantitative estimate of drug-likeness (QED) is 0.0921. The topological polar surface area (TPSA) is 76.6 Å². The normalized spacial score (nSPS) is 14.2. The predicted molar refractivity (Wildman–Crippen MR) is 402 cm³/mol. The van der Waals surface area contributed by atoms with Crippen molar-refractivity contribution in [3.63, 3.8) is 0 Å². The smallest absolute Gasteiger partial charge is 0.131 e. The van der Waals surface area contributed by atoms with Crippen LogP contribution in [0.3, 0.4) is 0 Å². The maximum atomic E-state index is 8.36. The third-order valence-corrected chi connectivity index (χ3v) is 18.8. The first-order chi connectivity index (χ1) is 49.4. The minimum absolute atomic E-state index is 0.128. The number of hydrogen-bond acceptors (Lipinski definition) is 14. The molecule has 0 aliphatic carbocycles. The largest absolute Gasteiger partial charge is 0.457 e. The molecule has 11 aromatic carbocycles. The summed E-state index contributed by atoms with van der Waals surface area (Å²) in [5.74, 6) is 2.63. The lowest BCUT2D eigenvalue weighted by Gasteiger charge is -2.29. The van der Waals surface area contributed by atoms with Crippen LogP contribution in [-0.4, -0.2) is 50.7 Å². The molecule has 17 rings (SSSR count). The van der Waals surface area contributed by atoms with Gasteiger partial charge in [0.2, 0.25) is 0 Å². The molecule has 0 fully saturated rings. The van der Waals surface area contributed by atoms with E-state index in [1.165, 1.54) is 16.0 Å². The predicted octanol–water partition coefficient (Wildman–Crippen LogP) is 21.2. The highest BCUT2D eigenvalue weighted by atomic mass is 16.5. The standard InChI is InChI=1S/C84H70N12O2/c1-59-43-81-82(44-60(59)2)94(70-46-72(96(65-25-13-7-14-26-65)66-27-15-8-16-28-66)52-76(50-70)98-74-32-20-30-68(48-74)90-56-88(4)84-54-86-42-40-80(84)90)58-92(81)62-37-35-61(36-38-62)91-57-93(78-34-18-17-33-77(78)91)69-45-71(95(63-21-9-5-10-22-63)64-23-11-6-12-24-64)51-75(49-69)97-73-31-19-29-67(47-73)89-55-87(3)83-53-85-41-39-79(83)89/h5-54H,55-58H2,1-4H3/i3D3. The van der Waals surface area contributed by atoms with E-state index in [9.17, 15) is 0 Å². The molecule has 478 valence electrons. The number of fused-ring (bicyclic) bond motifs is 4. The van der Waals surface area contributed by atoms with E-state index < -0.39 is 6.98 Å². The Bertz CT molecular complexity index is 5130. The van der Waals surface area contributed by atoms with Gasteiger partial charge in [0.25, 0.3) is 0 Å². The SMILES string of the molecule is [2H]C([2H])([2H])N1CN(c2cccc(Oc3cc(N4CN(c5ccc(N6CN(c7cc(Oc8cccc(N9CN(C)c%10cnccc%109)c8)cc(N(c8ccccc8)c8ccccc8)c7)c7cc(C)c(C)cc76)cc5)c5ccccc54)cc(N(c4ccccc4)c4ccccc4)c3)c2)c2ccncc21. The van der Waals surface area contributed by atoms with Gasteiger partial charge in [-0.2, -0.15) is 0 Å². The summed E-state index contributed by atoms with van der Waals surface area (Å²) in [6, 6.07) is 97.2. The molecule has 4 aliphatic heterocycles. The second kappa shape index (κ2) is 24.9. The summed E-state index contributed by atoms with van der Waals surface area (Å²) >= 11 is 0. The van der Waals surface area contributed by atoms with Crippen molar-refractivity contribution in [1.29, 1.82) is 0 Å². The van der Waals surface area contributed by atoms with Crippen molar-refractivity contribution in [3.05, 3.63) is 315 Å². The lowest BCUT2D eigenvalue weighted by atomic mass is 10.1. The van der Waals surface area contributed by atoms with Gasteiger partial charge in [-0.25, -0.2) is 0 Å². The van der Waals surface area contributed by atoms with Gasteiger partial charge in [0.1, 0.15) is 36.3 Å². The molecule has 0 amide bonds. The fourth-order valence-electron chi connectivity index (χ4n) is 14.0. The summed E-state index contributed by atoms with van der Waals surface area (Å²) in [6.07, 6.45) is 7.07. The number of rotatable bonds is 16. The first-order valence-electron chi connectivity index (χ1n) is 34.4. The van der Waals surface area contributed by atoms with Crippen molar-refractivity contribution in [2.75, 3.05) is 89.7 Å². The van der Waals surface area contributed by atoms with Gasteiger partial charge in [-0.05, 0) is 171 Å². The van der Waals surface area contributed by atoms with Gasteiger partial charge in [-0.15, -0.1) is 0 Å². The number of anilines is 20. The van der Waals surface area contributed by atoms with E-state index in [0.29, 0.717) is 42.9 Å². The van der Waals surface area contributed by atoms with Crippen molar-refractivity contribution in [2.24, 2.45) is 0 Å². The third-order valence-electron chi connectivity index (χ3n) is 18.8. The van der Waals surface area contributed by atoms with Crippen LogP contribution in [0.25, 0.3) is 0 Å². The first-order valence-corrected chi connectivity index (χ1v) is 32.9. The number of pyridine rings is 2. The second-order valence-corrected chi connectivity index (χ2v) is 25.0. The highest BCUT2D eigenvalue weighted by molar-refractivity contribution is 5.93. The van der Waals surface area contributed by atoms with Gasteiger partial charge in [-0.1, -0.05) is 97.1 Å². The van der Waals surface area contributed by atoms with Gasteiger partial charge in [0.05, 0.1) is 82.6 Å². The highest BCUT2D eigenvalue weighted by Gasteiger charge is 2.34. The molecule has 0 atom stereocenters. The average Bonchev–Trinajstić information content (AvgIpc) is 1.61. The summed E-state index contributed by atoms with van der Waals surface area (Å²) in [4.78, 5) is 30.7. The number of nitrogens with zero attached hydrogens (tertiary/aromatic N) is 12. The van der Waals surface area contributed by atoms with Crippen LogP contribution < -0.4 is 58.5 Å². The number of benzene rings is 11. The number of ether oxygens (including phenoxy) is 2. The molecule has 98 heavy (non-hydrogen) atoms. The van der Waals surface area contributed by atoms with Gasteiger partial charge >= 0.3 is 0 Å². The molecule has 0 N–H and O–H groups in total. The lowest BCUT2D eigenvalue weighted by Crippen LogP contribution is -2.25. The van der Waals surface area contributed by atoms with Crippen LogP contribution in [0.4, 0.5) is 114 Å². The van der Waals surface area contributed by atoms with Gasteiger partial charge in [-0.3, -0.25) is 9.97 Å². The van der Waals surface area contributed by atoms with Crippen LogP contribution >= 0.6 is 0 Å². The number of aromatic nitrogens is 2. The van der Waals surface area contributed by atoms with Gasteiger partial charge in [0.15, 0.2) is 0 Å². The molecule has 0 saturated heterocycles. The average molecular weight is 1280 g/mol. The number of aryl methyl sites for hydroxylation is 2. The molecule has 0 saturated carbocycles. The zero-order valence-corrected chi connectivity index (χ0v) is 54.4. The minimum Gasteiger partial charge on any atom is -0.457 e. The monoisotopic (exact) mass is 1280 g/mol. The van der Waals surface area contributed by atoms with Gasteiger partial charge < -0.3 is 58.5 Å². The van der Waals surface area contributed by atoms with Crippen LogP contribution in [-0.2, 0) is 0 Å². The van der Waals surface area contributed by atoms with E-state index >= 15 is 0 Å². The minimum atomic E-state index is -2.36. The van der Waals surface area contributed by atoms with E-state index in [1.807, 2.05) is 65.8 Å². The molecule has 13 aromatic rings. The Kier molecular flexibility index (Phi) is 14.2. The second-order valence-electron chi connectivity index (χ2n) is 25.0. The van der Waals surface area contributed by atoms with Crippen molar-refractivity contribution in [3.8, 4) is 23.0 Å². The zero-order valence-electron chi connectivity index (χ0n) is 57.4. The van der Waals surface area contributed by atoms with Crippen LogP contribution in [0.15, 0.2) is 304 Å². The van der Waals surface area contributed by atoms with Crippen molar-refractivity contribution in [1.82, 2.24) is 9.97 Å². The van der Waals surface area contributed by atoms with E-state index in [4.69, 9.17) is 13.6 Å². The summed E-state index contributed by atoms with van der Waals surface area (Å²) in [5, 5.41) is 0. The zero-order chi connectivity index (χ0) is 68.3. The Morgan fingerprint density at radius 2 is 0.653 bits per heavy atom. The lowest BCUT2D eigenvalue weighted by molar-refractivity contribution is 0.482. The molecule has 0 bridgehead atoms. The molecule has 4 aliphatic rings. The summed E-state index contributed by atoms with van der Waals surface area (Å²) in [7, 11) is 2.09. The van der Waals surface area contributed by atoms with E-state index in [0.717, 1.165) is 114 Å². The van der Waals surface area contributed by atoms with Gasteiger partial charge in [0, 0.05) is 124 Å². The van der Waals surface area contributed by atoms with Crippen LogP contribution in [0.5, 0.6) is 23.0 Å². The third kappa shape index (κ3) is 11.0. The Balaban J connectivity index is 0.710. The fourth-order valence-corrected chi connectivity index (χ4v) is 14.0. The fraction of sp³-hybridized carbons (Fsp3) is 0.0952. The van der Waals surface area contributed by atoms with E-state index in [1.54, 1.807) is 12.4 Å². The van der Waals surface area contributed by atoms with Crippen molar-refractivity contribution < 1.29 is 13.6 Å². The maximum Gasteiger partial charge on any atom is 0.131 e. The van der Waals surface area contributed by atoms with E-state index in [2.05, 4.69) is 301 Å². The molecule has 0 spiro atoms. The molecular weight excluding hydrogens is 1210 g/mol. The Morgan fingerprint density at radius 1 is 0.296 bits per heavy atom. The van der Waals surface area contributed by atoms with Crippen LogP contribution in [0.1, 0.15) is 15.2 Å². The van der Waals surface area contributed by atoms with E-state index in [-0.39, 0.29) is 6.67 Å². The summed E-state index contributed by atoms with van der Waals surface area (Å²) < 4.78 is 39.2. The van der Waals surface area contributed by atoms with Crippen molar-refractivity contribution >= 4 is 114 Å². The summed E-state index contributed by atoms with van der Waals surface area (Å²) in [5.41, 5.74) is 21.9. The van der Waals surface area contributed by atoms with Crippen LogP contribution in [0.2, 0.25) is 0 Å². The molecule has 6 heterocycles. The molecule has 14 heteroatoms. The molecule has 14 nitrogen and oxygen atoms in total. The molecule has 0 radical (unpaired) electrons. The highest BCUT2D eigenvalue weighted by Crippen LogP contribution is 2.52. The Hall–Kier alpha value is -12.7. The van der Waals surface area contributed by atoms with Crippen molar-refractivity contribution in [2.45, 2.75) is 13.8 Å². The Morgan fingerprint density at radius 3 is 1.09 bits per heavy atom. The molecular formula is C84H70N12O2. The summed E-state index contributed by atoms with van der Waals surface area (Å²) in [6.45, 7) is 3.88. The molecule has 0 unspecified atom stereocenters. The maximum absolute atomic E-state index is 8.36. The Labute approximate surface area is 575 Å². The number of hydrogen-bond donors (Lipinski definition) is 0. The molecule has 2 aromatic heterocycles. The number of para-hydroxylation sites is 6. The first kappa shape index (κ1) is 55.7.